The molecular formula is C17H22FN5S. The maximum Gasteiger partial charge on any atom is 0.173 e. The lowest BCUT2D eigenvalue weighted by atomic mass is 10.2. The molecule has 0 atom stereocenters. The second-order valence-corrected chi connectivity index (χ2v) is 6.50. The van der Waals surface area contributed by atoms with Crippen LogP contribution < -0.4 is 5.32 Å². The van der Waals surface area contributed by atoms with Crippen molar-refractivity contribution in [3.8, 4) is 0 Å². The number of anilines is 1. The van der Waals surface area contributed by atoms with E-state index in [4.69, 9.17) is 12.2 Å². The SMILES string of the molecule is Cc1nn(C)cc1CN1CCN(C(=S)Nc2cccc(F)c2)CC1. The fraction of sp³-hybridized carbons (Fsp3) is 0.412. The second-order valence-electron chi connectivity index (χ2n) is 6.12. The number of piperazine rings is 1. The van der Waals surface area contributed by atoms with E-state index in [0.29, 0.717) is 10.8 Å². The third-order valence-electron chi connectivity index (χ3n) is 4.24. The Kier molecular flexibility index (Phi) is 5.11. The molecule has 1 aliphatic rings. The van der Waals surface area contributed by atoms with Gasteiger partial charge in [-0.05, 0) is 37.3 Å². The van der Waals surface area contributed by atoms with E-state index in [-0.39, 0.29) is 5.82 Å². The molecule has 0 saturated carbocycles. The minimum absolute atomic E-state index is 0.264. The lowest BCUT2D eigenvalue weighted by Crippen LogP contribution is -2.49. The van der Waals surface area contributed by atoms with Crippen LogP contribution in [0.3, 0.4) is 0 Å². The maximum atomic E-state index is 13.2. The number of aryl methyl sites for hydroxylation is 2. The fourth-order valence-corrected chi connectivity index (χ4v) is 3.22. The minimum atomic E-state index is -0.264. The van der Waals surface area contributed by atoms with Gasteiger partial charge in [0, 0.05) is 57.2 Å². The van der Waals surface area contributed by atoms with Gasteiger partial charge in [-0.2, -0.15) is 5.10 Å². The Morgan fingerprint density at radius 3 is 2.67 bits per heavy atom. The van der Waals surface area contributed by atoms with E-state index in [2.05, 4.69) is 26.4 Å². The van der Waals surface area contributed by atoms with E-state index in [1.54, 1.807) is 6.07 Å². The van der Waals surface area contributed by atoms with Crippen LogP contribution in [-0.2, 0) is 13.6 Å². The molecule has 1 aromatic carbocycles. The Morgan fingerprint density at radius 1 is 1.29 bits per heavy atom. The van der Waals surface area contributed by atoms with Crippen LogP contribution in [0.1, 0.15) is 11.3 Å². The average Bonchev–Trinajstić information content (AvgIpc) is 2.85. The molecule has 0 unspecified atom stereocenters. The van der Waals surface area contributed by atoms with E-state index in [1.807, 2.05) is 24.7 Å². The molecule has 1 saturated heterocycles. The lowest BCUT2D eigenvalue weighted by molar-refractivity contribution is 0.176. The summed E-state index contributed by atoms with van der Waals surface area (Å²) in [6, 6.07) is 6.37. The molecule has 24 heavy (non-hydrogen) atoms. The van der Waals surface area contributed by atoms with Gasteiger partial charge in [0.15, 0.2) is 5.11 Å². The Bertz CT molecular complexity index is 722. The second kappa shape index (κ2) is 7.27. The van der Waals surface area contributed by atoms with Gasteiger partial charge < -0.3 is 10.2 Å². The van der Waals surface area contributed by atoms with Crippen molar-refractivity contribution in [1.82, 2.24) is 19.6 Å². The number of hydrogen-bond acceptors (Lipinski definition) is 3. The van der Waals surface area contributed by atoms with Gasteiger partial charge in [0.25, 0.3) is 0 Å². The first kappa shape index (κ1) is 16.9. The summed E-state index contributed by atoms with van der Waals surface area (Å²) in [4.78, 5) is 4.54. The average molecular weight is 347 g/mol. The fourth-order valence-electron chi connectivity index (χ4n) is 2.92. The predicted octanol–water partition coefficient (Wildman–Crippen LogP) is 2.38. The third kappa shape index (κ3) is 4.10. The highest BCUT2D eigenvalue weighted by Crippen LogP contribution is 2.14. The van der Waals surface area contributed by atoms with Crippen molar-refractivity contribution in [3.63, 3.8) is 0 Å². The molecule has 7 heteroatoms. The molecule has 1 fully saturated rings. The molecule has 5 nitrogen and oxygen atoms in total. The highest BCUT2D eigenvalue weighted by Gasteiger charge is 2.20. The Morgan fingerprint density at radius 2 is 2.04 bits per heavy atom. The van der Waals surface area contributed by atoms with Gasteiger partial charge in [0.05, 0.1) is 5.69 Å². The van der Waals surface area contributed by atoms with Gasteiger partial charge in [-0.1, -0.05) is 6.07 Å². The largest absolute Gasteiger partial charge is 0.346 e. The van der Waals surface area contributed by atoms with Gasteiger partial charge in [-0.3, -0.25) is 9.58 Å². The summed E-state index contributed by atoms with van der Waals surface area (Å²) in [7, 11) is 1.95. The topological polar surface area (TPSA) is 36.3 Å². The number of benzene rings is 1. The maximum absolute atomic E-state index is 13.2. The standard InChI is InChI=1S/C17H22FN5S/c1-13-14(11-21(2)20-13)12-22-6-8-23(9-7-22)17(24)19-16-5-3-4-15(18)10-16/h3-5,10-11H,6-9,12H2,1-2H3,(H,19,24). The first-order valence-corrected chi connectivity index (χ1v) is 8.45. The van der Waals surface area contributed by atoms with Crippen LogP contribution >= 0.6 is 12.2 Å². The summed E-state index contributed by atoms with van der Waals surface area (Å²) in [6.07, 6.45) is 2.08. The molecule has 1 aromatic heterocycles. The van der Waals surface area contributed by atoms with Crippen LogP contribution in [0.4, 0.5) is 10.1 Å². The van der Waals surface area contributed by atoms with E-state index >= 15 is 0 Å². The molecule has 128 valence electrons. The Labute approximate surface area is 147 Å². The molecule has 0 amide bonds. The Hall–Kier alpha value is -1.99. The van der Waals surface area contributed by atoms with Crippen molar-refractivity contribution in [2.45, 2.75) is 13.5 Å². The van der Waals surface area contributed by atoms with Crippen LogP contribution in [-0.4, -0.2) is 50.9 Å². The van der Waals surface area contributed by atoms with Crippen LogP contribution in [0.25, 0.3) is 0 Å². The highest BCUT2D eigenvalue weighted by atomic mass is 32.1. The molecule has 1 aliphatic heterocycles. The smallest absolute Gasteiger partial charge is 0.173 e. The van der Waals surface area contributed by atoms with Crippen LogP contribution in [0.5, 0.6) is 0 Å². The normalized spacial score (nSPS) is 15.5. The zero-order valence-corrected chi connectivity index (χ0v) is 14.8. The number of thiocarbonyl (C=S) groups is 1. The first-order valence-electron chi connectivity index (χ1n) is 8.04. The lowest BCUT2D eigenvalue weighted by Gasteiger charge is -2.36. The number of nitrogens with zero attached hydrogens (tertiary/aromatic N) is 4. The molecule has 0 spiro atoms. The van der Waals surface area contributed by atoms with Gasteiger partial charge in [0.1, 0.15) is 5.82 Å². The molecule has 0 bridgehead atoms. The van der Waals surface area contributed by atoms with E-state index in [1.165, 1.54) is 17.7 Å². The van der Waals surface area contributed by atoms with Crippen molar-refractivity contribution in [3.05, 3.63) is 47.5 Å². The zero-order chi connectivity index (χ0) is 17.1. The quantitative estimate of drug-likeness (QED) is 0.863. The summed E-state index contributed by atoms with van der Waals surface area (Å²) >= 11 is 5.45. The number of aromatic nitrogens is 2. The summed E-state index contributed by atoms with van der Waals surface area (Å²) in [5.41, 5.74) is 3.04. The summed E-state index contributed by atoms with van der Waals surface area (Å²) in [5, 5.41) is 8.16. The van der Waals surface area contributed by atoms with Crippen molar-refractivity contribution in [1.29, 1.82) is 0 Å². The monoisotopic (exact) mass is 347 g/mol. The van der Waals surface area contributed by atoms with Gasteiger partial charge in [0.2, 0.25) is 0 Å². The number of hydrogen-bond donors (Lipinski definition) is 1. The number of halogens is 1. The van der Waals surface area contributed by atoms with Crippen molar-refractivity contribution < 1.29 is 4.39 Å². The molecule has 0 aliphatic carbocycles. The van der Waals surface area contributed by atoms with Gasteiger partial charge in [-0.15, -0.1) is 0 Å². The molecule has 1 N–H and O–H groups in total. The molecule has 2 heterocycles. The Balaban J connectivity index is 1.51. The van der Waals surface area contributed by atoms with E-state index in [9.17, 15) is 4.39 Å². The molecule has 3 rings (SSSR count). The van der Waals surface area contributed by atoms with Crippen LogP contribution in [0.2, 0.25) is 0 Å². The van der Waals surface area contributed by atoms with Crippen LogP contribution in [0, 0.1) is 12.7 Å². The number of rotatable bonds is 3. The molecule has 0 radical (unpaired) electrons. The van der Waals surface area contributed by atoms with Crippen molar-refractivity contribution >= 4 is 23.0 Å². The van der Waals surface area contributed by atoms with Crippen molar-refractivity contribution in [2.75, 3.05) is 31.5 Å². The summed E-state index contributed by atoms with van der Waals surface area (Å²) < 4.78 is 15.1. The van der Waals surface area contributed by atoms with E-state index in [0.717, 1.165) is 38.4 Å². The summed E-state index contributed by atoms with van der Waals surface area (Å²) in [6.45, 7) is 6.57. The summed E-state index contributed by atoms with van der Waals surface area (Å²) in [5.74, 6) is -0.264. The van der Waals surface area contributed by atoms with E-state index < -0.39 is 0 Å². The zero-order valence-electron chi connectivity index (χ0n) is 14.0. The number of nitrogens with one attached hydrogen (secondary N) is 1. The van der Waals surface area contributed by atoms with Crippen molar-refractivity contribution in [2.24, 2.45) is 7.05 Å². The third-order valence-corrected chi connectivity index (χ3v) is 4.60. The van der Waals surface area contributed by atoms with Crippen LogP contribution in [0.15, 0.2) is 30.5 Å². The minimum Gasteiger partial charge on any atom is -0.346 e. The van der Waals surface area contributed by atoms with Gasteiger partial charge >= 0.3 is 0 Å². The molecular weight excluding hydrogens is 325 g/mol. The molecule has 2 aromatic rings. The highest BCUT2D eigenvalue weighted by molar-refractivity contribution is 7.80. The van der Waals surface area contributed by atoms with Gasteiger partial charge in [-0.25, -0.2) is 4.39 Å². The predicted molar refractivity (Wildman–Crippen MR) is 97.4 cm³/mol. The first-order chi connectivity index (χ1) is 11.5.